The van der Waals surface area contributed by atoms with Gasteiger partial charge in [-0.1, -0.05) is 31.5 Å². The molecule has 3 rings (SSSR count). The summed E-state index contributed by atoms with van der Waals surface area (Å²) in [6, 6.07) is 9.49. The van der Waals surface area contributed by atoms with E-state index in [0.717, 1.165) is 51.3 Å². The molecule has 0 spiro atoms. The fraction of sp³-hybridized carbons (Fsp3) is 0.591. The van der Waals surface area contributed by atoms with Crippen molar-refractivity contribution in [1.29, 1.82) is 0 Å². The van der Waals surface area contributed by atoms with Crippen LogP contribution in [0.5, 0.6) is 0 Å². The summed E-state index contributed by atoms with van der Waals surface area (Å²) in [6.07, 6.45) is 2.91. The summed E-state index contributed by atoms with van der Waals surface area (Å²) in [6.45, 7) is 7.09. The van der Waals surface area contributed by atoms with E-state index in [1.165, 1.54) is 0 Å². The Bertz CT molecular complexity index is 701. The van der Waals surface area contributed by atoms with Crippen molar-refractivity contribution in [2.45, 2.75) is 32.6 Å². The molecule has 158 valence electrons. The zero-order valence-electron chi connectivity index (χ0n) is 17.3. The predicted octanol–water partition coefficient (Wildman–Crippen LogP) is 1.49. The average Bonchev–Trinajstić information content (AvgIpc) is 3.15. The highest BCUT2D eigenvalue weighted by Gasteiger charge is 2.35. The first-order chi connectivity index (χ1) is 14.1. The van der Waals surface area contributed by atoms with E-state index in [1.807, 2.05) is 35.2 Å². The van der Waals surface area contributed by atoms with Crippen molar-refractivity contribution in [3.63, 3.8) is 0 Å². The molecule has 0 bridgehead atoms. The van der Waals surface area contributed by atoms with E-state index in [-0.39, 0.29) is 30.1 Å². The Labute approximate surface area is 173 Å². The Morgan fingerprint density at radius 3 is 2.52 bits per heavy atom. The van der Waals surface area contributed by atoms with Crippen LogP contribution in [0.25, 0.3) is 0 Å². The van der Waals surface area contributed by atoms with Crippen LogP contribution in [0.4, 0.5) is 5.69 Å². The summed E-state index contributed by atoms with van der Waals surface area (Å²) in [5.74, 6) is -0.0882. The number of nitrogens with zero attached hydrogens (tertiary/aromatic N) is 3. The number of anilines is 1. The van der Waals surface area contributed by atoms with Crippen molar-refractivity contribution in [2.24, 2.45) is 5.92 Å². The van der Waals surface area contributed by atoms with Gasteiger partial charge in [0.1, 0.15) is 0 Å². The number of piperazine rings is 1. The molecule has 1 aromatic carbocycles. The number of carbonyl (C=O) groups excluding carboxylic acids is 3. The maximum absolute atomic E-state index is 12.5. The lowest BCUT2D eigenvalue weighted by Gasteiger charge is -2.34. The molecule has 0 aliphatic carbocycles. The number of benzene rings is 1. The van der Waals surface area contributed by atoms with Crippen molar-refractivity contribution in [3.8, 4) is 0 Å². The molecule has 0 saturated carbocycles. The Hall–Kier alpha value is -2.41. The average molecular weight is 401 g/mol. The lowest BCUT2D eigenvalue weighted by atomic mass is 10.1. The first-order valence-electron chi connectivity index (χ1n) is 10.7. The number of rotatable bonds is 8. The van der Waals surface area contributed by atoms with Crippen LogP contribution >= 0.6 is 0 Å². The lowest BCUT2D eigenvalue weighted by Crippen LogP contribution is -2.50. The van der Waals surface area contributed by atoms with Crippen LogP contribution in [0, 0.1) is 5.92 Å². The number of unbranched alkanes of at least 4 members (excludes halogenated alkanes) is 1. The van der Waals surface area contributed by atoms with Gasteiger partial charge in [0.05, 0.1) is 5.92 Å². The van der Waals surface area contributed by atoms with Crippen molar-refractivity contribution in [3.05, 3.63) is 30.3 Å². The molecule has 0 radical (unpaired) electrons. The summed E-state index contributed by atoms with van der Waals surface area (Å²) < 4.78 is 0. The summed E-state index contributed by atoms with van der Waals surface area (Å²) in [5.41, 5.74) is 0.846. The molecule has 7 nitrogen and oxygen atoms in total. The van der Waals surface area contributed by atoms with Gasteiger partial charge in [0.15, 0.2) is 0 Å². The van der Waals surface area contributed by atoms with Gasteiger partial charge in [0.25, 0.3) is 0 Å². The van der Waals surface area contributed by atoms with E-state index < -0.39 is 0 Å². The number of amides is 3. The molecular formula is C22H32N4O3. The third kappa shape index (κ3) is 5.79. The Morgan fingerprint density at radius 1 is 1.10 bits per heavy atom. The summed E-state index contributed by atoms with van der Waals surface area (Å²) in [5, 5.41) is 2.99. The van der Waals surface area contributed by atoms with Crippen LogP contribution in [0.2, 0.25) is 0 Å². The van der Waals surface area contributed by atoms with Crippen LogP contribution in [-0.2, 0) is 14.4 Å². The molecule has 2 aliphatic rings. The normalized spacial score (nSPS) is 20.2. The van der Waals surface area contributed by atoms with Gasteiger partial charge in [0.2, 0.25) is 17.7 Å². The Kier molecular flexibility index (Phi) is 7.63. The second kappa shape index (κ2) is 10.4. The third-order valence-electron chi connectivity index (χ3n) is 5.76. The number of para-hydroxylation sites is 1. The zero-order chi connectivity index (χ0) is 20.6. The summed E-state index contributed by atoms with van der Waals surface area (Å²) >= 11 is 0. The van der Waals surface area contributed by atoms with Crippen molar-refractivity contribution in [1.82, 2.24) is 15.1 Å². The van der Waals surface area contributed by atoms with E-state index in [4.69, 9.17) is 0 Å². The third-order valence-corrected chi connectivity index (χ3v) is 5.76. The quantitative estimate of drug-likeness (QED) is 0.718. The van der Waals surface area contributed by atoms with E-state index in [0.29, 0.717) is 19.5 Å². The van der Waals surface area contributed by atoms with Crippen LogP contribution in [0.15, 0.2) is 30.3 Å². The van der Waals surface area contributed by atoms with E-state index >= 15 is 0 Å². The molecule has 0 aromatic heterocycles. The van der Waals surface area contributed by atoms with Gasteiger partial charge in [-0.2, -0.15) is 0 Å². The van der Waals surface area contributed by atoms with Gasteiger partial charge in [-0.15, -0.1) is 0 Å². The molecule has 29 heavy (non-hydrogen) atoms. The van der Waals surface area contributed by atoms with E-state index in [1.54, 1.807) is 4.90 Å². The first kappa shape index (κ1) is 21.3. The smallest absolute Gasteiger partial charge is 0.227 e. The lowest BCUT2D eigenvalue weighted by molar-refractivity contribution is -0.133. The molecule has 2 heterocycles. The topological polar surface area (TPSA) is 73.0 Å². The molecule has 2 fully saturated rings. The van der Waals surface area contributed by atoms with Crippen LogP contribution < -0.4 is 10.2 Å². The molecule has 1 atom stereocenters. The minimum atomic E-state index is -0.296. The highest BCUT2D eigenvalue weighted by molar-refractivity contribution is 6.00. The van der Waals surface area contributed by atoms with Gasteiger partial charge in [0, 0.05) is 64.3 Å². The van der Waals surface area contributed by atoms with Gasteiger partial charge in [-0.25, -0.2) is 0 Å². The first-order valence-corrected chi connectivity index (χ1v) is 10.7. The van der Waals surface area contributed by atoms with Gasteiger partial charge in [-0.3, -0.25) is 19.3 Å². The molecule has 1 aromatic rings. The van der Waals surface area contributed by atoms with Crippen LogP contribution in [0.1, 0.15) is 32.6 Å². The van der Waals surface area contributed by atoms with Crippen LogP contribution in [0.3, 0.4) is 0 Å². The number of carbonyl (C=O) groups is 3. The van der Waals surface area contributed by atoms with Gasteiger partial charge in [-0.05, 0) is 18.6 Å². The van der Waals surface area contributed by atoms with Crippen molar-refractivity contribution < 1.29 is 14.4 Å². The summed E-state index contributed by atoms with van der Waals surface area (Å²) in [4.78, 5) is 42.8. The zero-order valence-corrected chi connectivity index (χ0v) is 17.3. The predicted molar refractivity (Wildman–Crippen MR) is 112 cm³/mol. The molecular weight excluding hydrogens is 368 g/mol. The van der Waals surface area contributed by atoms with Crippen molar-refractivity contribution in [2.75, 3.05) is 50.7 Å². The second-order valence-electron chi connectivity index (χ2n) is 7.86. The standard InChI is InChI=1S/C22H32N4O3/c1-2-3-9-20(27)25-14-12-24(13-15-25)11-10-23-22(29)18-16-21(28)26(17-18)19-7-5-4-6-8-19/h4-8,18H,2-3,9-17H2,1H3,(H,23,29). The monoisotopic (exact) mass is 400 g/mol. The van der Waals surface area contributed by atoms with Gasteiger partial charge < -0.3 is 15.1 Å². The number of nitrogens with one attached hydrogen (secondary N) is 1. The number of hydrogen-bond acceptors (Lipinski definition) is 4. The second-order valence-corrected chi connectivity index (χ2v) is 7.86. The Morgan fingerprint density at radius 2 is 1.83 bits per heavy atom. The van der Waals surface area contributed by atoms with E-state index in [9.17, 15) is 14.4 Å². The van der Waals surface area contributed by atoms with Crippen molar-refractivity contribution >= 4 is 23.4 Å². The largest absolute Gasteiger partial charge is 0.355 e. The van der Waals surface area contributed by atoms with Gasteiger partial charge >= 0.3 is 0 Å². The molecule has 2 saturated heterocycles. The van der Waals surface area contributed by atoms with E-state index in [2.05, 4.69) is 17.1 Å². The molecule has 2 aliphatic heterocycles. The summed E-state index contributed by atoms with van der Waals surface area (Å²) in [7, 11) is 0. The highest BCUT2D eigenvalue weighted by atomic mass is 16.2. The maximum atomic E-state index is 12.5. The highest BCUT2D eigenvalue weighted by Crippen LogP contribution is 2.24. The Balaban J connectivity index is 1.36. The number of hydrogen-bond donors (Lipinski definition) is 1. The SMILES string of the molecule is CCCCC(=O)N1CCN(CCNC(=O)C2CC(=O)N(c3ccccc3)C2)CC1. The van der Waals surface area contributed by atoms with Crippen LogP contribution in [-0.4, -0.2) is 73.3 Å². The molecule has 1 N–H and O–H groups in total. The minimum Gasteiger partial charge on any atom is -0.355 e. The molecule has 7 heteroatoms. The fourth-order valence-corrected chi connectivity index (χ4v) is 3.93. The minimum absolute atomic E-state index is 0.000196. The fourth-order valence-electron chi connectivity index (χ4n) is 3.93. The maximum Gasteiger partial charge on any atom is 0.227 e. The molecule has 1 unspecified atom stereocenters. The molecule has 3 amide bonds.